The molecule has 1 aliphatic carbocycles. The van der Waals surface area contributed by atoms with Gasteiger partial charge in [0.2, 0.25) is 0 Å². The van der Waals surface area contributed by atoms with Gasteiger partial charge in [-0.05, 0) is 33.6 Å². The molecule has 0 unspecified atom stereocenters. The fraction of sp³-hybridized carbons (Fsp3) is 0.789. The number of rotatable bonds is 1. The van der Waals surface area contributed by atoms with Crippen molar-refractivity contribution in [3.63, 3.8) is 0 Å². The van der Waals surface area contributed by atoms with Gasteiger partial charge in [0.25, 0.3) is 0 Å². The quantitative estimate of drug-likeness (QED) is 0.688. The Labute approximate surface area is 158 Å². The fourth-order valence-corrected chi connectivity index (χ4v) is 4.24. The van der Waals surface area contributed by atoms with Crippen LogP contribution in [0.4, 0.5) is 18.0 Å². The lowest BCUT2D eigenvalue weighted by Crippen LogP contribution is -2.58. The number of carbonyl (C=O) groups is 2. The predicted molar refractivity (Wildman–Crippen MR) is 95.0 cm³/mol. The number of halogens is 3. The minimum Gasteiger partial charge on any atom is -0.444 e. The number of fused-ring (bicyclic) bond motifs is 1. The summed E-state index contributed by atoms with van der Waals surface area (Å²) in [7, 11) is 0. The third-order valence-corrected chi connectivity index (χ3v) is 5.47. The smallest absolute Gasteiger partial charge is 0.444 e. The van der Waals surface area contributed by atoms with E-state index in [0.717, 1.165) is 5.57 Å². The number of alkyl halides is 3. The van der Waals surface area contributed by atoms with E-state index in [1.54, 1.807) is 25.7 Å². The lowest BCUT2D eigenvalue weighted by molar-refractivity contribution is -0.175. The molecule has 0 radical (unpaired) electrons. The summed E-state index contributed by atoms with van der Waals surface area (Å²) in [6.45, 7) is 11.9. The molecule has 1 aliphatic heterocycles. The molecule has 0 bridgehead atoms. The minimum absolute atomic E-state index is 0.337. The van der Waals surface area contributed by atoms with Crippen LogP contribution >= 0.6 is 0 Å². The number of hydrogen-bond donors (Lipinski definition) is 1. The zero-order valence-corrected chi connectivity index (χ0v) is 16.8. The second-order valence-electron chi connectivity index (χ2n) is 9.32. The van der Waals surface area contributed by atoms with Crippen molar-refractivity contribution in [1.29, 1.82) is 0 Å². The van der Waals surface area contributed by atoms with Gasteiger partial charge in [0, 0.05) is 30.0 Å². The van der Waals surface area contributed by atoms with Crippen molar-refractivity contribution in [2.24, 2.45) is 10.8 Å². The van der Waals surface area contributed by atoms with E-state index in [2.05, 4.69) is 5.32 Å². The molecule has 2 rings (SSSR count). The molecule has 5 nitrogen and oxygen atoms in total. The number of amides is 2. The molecule has 0 aromatic rings. The summed E-state index contributed by atoms with van der Waals surface area (Å²) in [6.07, 6.45) is -2.41. The van der Waals surface area contributed by atoms with Gasteiger partial charge in [-0.1, -0.05) is 32.4 Å². The van der Waals surface area contributed by atoms with E-state index >= 15 is 0 Å². The molecule has 8 heteroatoms. The van der Waals surface area contributed by atoms with Crippen LogP contribution in [0.15, 0.2) is 11.6 Å². The lowest BCUT2D eigenvalue weighted by Gasteiger charge is -2.54. The minimum atomic E-state index is -4.90. The molecule has 0 saturated heterocycles. The van der Waals surface area contributed by atoms with Gasteiger partial charge in [-0.2, -0.15) is 13.2 Å². The topological polar surface area (TPSA) is 58.6 Å². The van der Waals surface area contributed by atoms with Crippen LogP contribution in [0.3, 0.4) is 0 Å². The summed E-state index contributed by atoms with van der Waals surface area (Å²) in [4.78, 5) is 25.4. The SMILES string of the molecule is CC(C)(C)OC(=O)N1CC=C2C(C)(C)[C@@H](NC(=O)C(F)(F)F)CC[C@]2(C)C1. The number of carbonyl (C=O) groups excluding carboxylic acids is 2. The molecule has 0 aromatic heterocycles. The first-order chi connectivity index (χ1) is 12.1. The zero-order valence-electron chi connectivity index (χ0n) is 16.8. The van der Waals surface area contributed by atoms with Crippen LogP contribution in [0, 0.1) is 10.8 Å². The highest BCUT2D eigenvalue weighted by molar-refractivity contribution is 5.82. The van der Waals surface area contributed by atoms with Crippen LogP contribution in [0.5, 0.6) is 0 Å². The summed E-state index contributed by atoms with van der Waals surface area (Å²) in [6, 6.07) is -0.612. The number of nitrogens with zero attached hydrogens (tertiary/aromatic N) is 1. The molecule has 2 aliphatic rings. The van der Waals surface area contributed by atoms with Gasteiger partial charge in [0.15, 0.2) is 0 Å². The van der Waals surface area contributed by atoms with E-state index in [1.807, 2.05) is 26.8 Å². The first-order valence-corrected chi connectivity index (χ1v) is 9.13. The Morgan fingerprint density at radius 1 is 1.22 bits per heavy atom. The van der Waals surface area contributed by atoms with Crippen LogP contribution < -0.4 is 5.32 Å². The molecular formula is C19H29F3N2O3. The van der Waals surface area contributed by atoms with Crippen LogP contribution in [0.2, 0.25) is 0 Å². The average molecular weight is 390 g/mol. The molecule has 1 fully saturated rings. The molecule has 1 saturated carbocycles. The van der Waals surface area contributed by atoms with Crippen molar-refractivity contribution in [3.05, 3.63) is 11.6 Å². The Balaban J connectivity index is 2.20. The predicted octanol–water partition coefficient (Wildman–Crippen LogP) is 4.04. The molecule has 1 N–H and O–H groups in total. The van der Waals surface area contributed by atoms with E-state index < -0.39 is 35.2 Å². The second-order valence-corrected chi connectivity index (χ2v) is 9.32. The highest BCUT2D eigenvalue weighted by Crippen LogP contribution is 2.52. The Hall–Kier alpha value is -1.73. The normalized spacial score (nSPS) is 28.1. The Morgan fingerprint density at radius 2 is 1.81 bits per heavy atom. The van der Waals surface area contributed by atoms with E-state index in [1.165, 1.54) is 0 Å². The van der Waals surface area contributed by atoms with E-state index in [-0.39, 0.29) is 5.41 Å². The summed E-state index contributed by atoms with van der Waals surface area (Å²) in [5.74, 6) is -1.91. The third kappa shape index (κ3) is 4.58. The van der Waals surface area contributed by atoms with Crippen molar-refractivity contribution in [1.82, 2.24) is 10.2 Å². The standard InChI is InChI=1S/C19H29F3N2O3/c1-16(2,3)27-15(26)24-10-8-12-17(4,5)13(7-9-18(12,6)11-24)23-14(25)19(20,21)22/h8,13H,7,9-11H2,1-6H3,(H,23,25)/t13-,18+/m0/s1. The van der Waals surface area contributed by atoms with Crippen molar-refractivity contribution in [2.75, 3.05) is 13.1 Å². The number of nitrogens with one attached hydrogen (secondary N) is 1. The van der Waals surface area contributed by atoms with Crippen molar-refractivity contribution in [3.8, 4) is 0 Å². The van der Waals surface area contributed by atoms with Gasteiger partial charge in [0.1, 0.15) is 5.60 Å². The Bertz CT molecular complexity index is 650. The van der Waals surface area contributed by atoms with Crippen molar-refractivity contribution in [2.45, 2.75) is 72.2 Å². The maximum Gasteiger partial charge on any atom is 0.471 e. The first kappa shape index (κ1) is 21.6. The second kappa shape index (κ2) is 6.71. The van der Waals surface area contributed by atoms with Gasteiger partial charge >= 0.3 is 18.2 Å². The van der Waals surface area contributed by atoms with E-state index in [0.29, 0.717) is 25.9 Å². The molecule has 1 heterocycles. The van der Waals surface area contributed by atoms with Crippen LogP contribution in [0.1, 0.15) is 54.4 Å². The lowest BCUT2D eigenvalue weighted by atomic mass is 9.57. The van der Waals surface area contributed by atoms with Gasteiger partial charge in [-0.25, -0.2) is 4.79 Å². The summed E-state index contributed by atoms with van der Waals surface area (Å²) < 4.78 is 43.4. The molecule has 27 heavy (non-hydrogen) atoms. The number of hydrogen-bond acceptors (Lipinski definition) is 3. The first-order valence-electron chi connectivity index (χ1n) is 9.13. The molecule has 0 aromatic carbocycles. The van der Waals surface area contributed by atoms with Crippen LogP contribution in [0.25, 0.3) is 0 Å². The molecule has 2 amide bonds. The Kier molecular flexibility index (Phi) is 5.36. The molecule has 0 spiro atoms. The summed E-state index contributed by atoms with van der Waals surface area (Å²) in [5.41, 5.74) is -0.624. The fourth-order valence-electron chi connectivity index (χ4n) is 4.24. The van der Waals surface area contributed by atoms with Gasteiger partial charge in [-0.3, -0.25) is 4.79 Å². The van der Waals surface area contributed by atoms with Crippen LogP contribution in [-0.2, 0) is 9.53 Å². The van der Waals surface area contributed by atoms with Gasteiger partial charge in [0.05, 0.1) is 0 Å². The molecular weight excluding hydrogens is 361 g/mol. The summed E-state index contributed by atoms with van der Waals surface area (Å²) >= 11 is 0. The average Bonchev–Trinajstić information content (AvgIpc) is 2.46. The number of ether oxygens (including phenoxy) is 1. The zero-order chi connectivity index (χ0) is 20.8. The largest absolute Gasteiger partial charge is 0.471 e. The maximum absolute atomic E-state index is 12.7. The molecule has 2 atom stereocenters. The van der Waals surface area contributed by atoms with Crippen molar-refractivity contribution < 1.29 is 27.5 Å². The van der Waals surface area contributed by atoms with E-state index in [9.17, 15) is 22.8 Å². The van der Waals surface area contributed by atoms with Gasteiger partial charge < -0.3 is 15.0 Å². The Morgan fingerprint density at radius 3 is 2.33 bits per heavy atom. The highest BCUT2D eigenvalue weighted by Gasteiger charge is 2.51. The monoisotopic (exact) mass is 390 g/mol. The maximum atomic E-state index is 12.7. The van der Waals surface area contributed by atoms with Crippen molar-refractivity contribution >= 4 is 12.0 Å². The summed E-state index contributed by atoms with van der Waals surface area (Å²) in [5, 5.41) is 2.15. The van der Waals surface area contributed by atoms with Crippen LogP contribution in [-0.4, -0.2) is 47.8 Å². The third-order valence-electron chi connectivity index (χ3n) is 5.47. The van der Waals surface area contributed by atoms with E-state index in [4.69, 9.17) is 4.74 Å². The van der Waals surface area contributed by atoms with Gasteiger partial charge in [-0.15, -0.1) is 0 Å². The highest BCUT2D eigenvalue weighted by atomic mass is 19.4. The molecule has 154 valence electrons.